The largest absolute Gasteiger partial charge is 0.313 e. The molecule has 0 radical (unpaired) electrons. The van der Waals surface area contributed by atoms with Crippen molar-refractivity contribution in [2.45, 2.75) is 0 Å². The van der Waals surface area contributed by atoms with E-state index in [4.69, 9.17) is 0 Å². The molecule has 0 unspecified atom stereocenters. The molecule has 0 N–H and O–H groups in total. The molecule has 3 heteroatoms. The fourth-order valence-electron chi connectivity index (χ4n) is 1.62. The van der Waals surface area contributed by atoms with Crippen LogP contribution in [0.25, 0.3) is 0 Å². The van der Waals surface area contributed by atoms with Crippen molar-refractivity contribution >= 4 is 40.3 Å². The molecule has 2 aromatic carbocycles. The topological polar surface area (TPSA) is 17.1 Å². The van der Waals surface area contributed by atoms with E-state index in [-0.39, 0.29) is 0 Å². The second kappa shape index (κ2) is 5.15. The van der Waals surface area contributed by atoms with E-state index in [9.17, 15) is 4.57 Å². The number of hydrogen-bond donors (Lipinski definition) is 0. The van der Waals surface area contributed by atoms with E-state index in [1.807, 2.05) is 60.7 Å². The lowest BCUT2D eigenvalue weighted by atomic mass is 10.4. The molecular formula is C13H12IOP. The molecule has 0 aliphatic carbocycles. The molecule has 0 heterocycles. The van der Waals surface area contributed by atoms with Gasteiger partial charge < -0.3 is 4.57 Å². The van der Waals surface area contributed by atoms with Crippen molar-refractivity contribution in [1.29, 1.82) is 0 Å². The van der Waals surface area contributed by atoms with Gasteiger partial charge in [0.25, 0.3) is 0 Å². The minimum Gasteiger partial charge on any atom is -0.313 e. The van der Waals surface area contributed by atoms with E-state index in [2.05, 4.69) is 22.6 Å². The molecule has 0 aliphatic rings. The molecule has 0 aliphatic heterocycles. The van der Waals surface area contributed by atoms with E-state index in [0.717, 1.165) is 10.6 Å². The maximum absolute atomic E-state index is 13.0. The van der Waals surface area contributed by atoms with Gasteiger partial charge in [0.1, 0.15) is 0 Å². The van der Waals surface area contributed by atoms with Gasteiger partial charge in [0, 0.05) is 10.6 Å². The summed E-state index contributed by atoms with van der Waals surface area (Å²) in [7, 11) is -2.42. The van der Waals surface area contributed by atoms with Crippen LogP contribution >= 0.6 is 29.7 Å². The highest BCUT2D eigenvalue weighted by Gasteiger charge is 2.24. The van der Waals surface area contributed by atoms with Crippen LogP contribution in [-0.2, 0) is 4.57 Å². The van der Waals surface area contributed by atoms with Gasteiger partial charge in [-0.3, -0.25) is 0 Å². The second-order valence-electron chi connectivity index (χ2n) is 3.53. The summed E-state index contributed by atoms with van der Waals surface area (Å²) in [5.74, 6) is 0. The number of halogens is 1. The molecule has 1 nitrogen and oxygen atoms in total. The van der Waals surface area contributed by atoms with E-state index in [1.54, 1.807) is 0 Å². The Kier molecular flexibility index (Phi) is 3.82. The Bertz CT molecular complexity index is 452. The molecule has 2 rings (SSSR count). The first-order chi connectivity index (χ1) is 7.77. The smallest absolute Gasteiger partial charge is 0.152 e. The highest BCUT2D eigenvalue weighted by Crippen LogP contribution is 2.44. The van der Waals surface area contributed by atoms with Gasteiger partial charge >= 0.3 is 0 Å². The van der Waals surface area contributed by atoms with Gasteiger partial charge in [-0.2, -0.15) is 0 Å². The average Bonchev–Trinajstić information content (AvgIpc) is 2.40. The number of hydrogen-bond acceptors (Lipinski definition) is 1. The van der Waals surface area contributed by atoms with Crippen LogP contribution in [0.5, 0.6) is 0 Å². The van der Waals surface area contributed by atoms with Crippen LogP contribution in [0.2, 0.25) is 0 Å². The molecule has 0 saturated carbocycles. The Labute approximate surface area is 109 Å². The van der Waals surface area contributed by atoms with Gasteiger partial charge in [0.2, 0.25) is 0 Å². The summed E-state index contributed by atoms with van der Waals surface area (Å²) in [6.07, 6.45) is 0. The van der Waals surface area contributed by atoms with Crippen LogP contribution in [0.3, 0.4) is 0 Å². The van der Waals surface area contributed by atoms with Crippen molar-refractivity contribution in [2.24, 2.45) is 0 Å². The predicted molar refractivity (Wildman–Crippen MR) is 78.6 cm³/mol. The van der Waals surface area contributed by atoms with Gasteiger partial charge in [0.05, 0.1) is 4.17 Å². The Morgan fingerprint density at radius 1 is 0.812 bits per heavy atom. The maximum atomic E-state index is 13.0. The first-order valence-corrected chi connectivity index (χ1v) is 8.45. The van der Waals surface area contributed by atoms with Gasteiger partial charge in [-0.15, -0.1) is 0 Å². The lowest BCUT2D eigenvalue weighted by Crippen LogP contribution is -2.16. The van der Waals surface area contributed by atoms with Gasteiger partial charge in [0.15, 0.2) is 7.14 Å². The van der Waals surface area contributed by atoms with Crippen LogP contribution in [0.1, 0.15) is 0 Å². The van der Waals surface area contributed by atoms with Crippen LogP contribution in [-0.4, -0.2) is 4.17 Å². The molecule has 0 aromatic heterocycles. The fraction of sp³-hybridized carbons (Fsp3) is 0.0769. The normalized spacial score (nSPS) is 11.3. The van der Waals surface area contributed by atoms with Crippen molar-refractivity contribution in [3.05, 3.63) is 60.7 Å². The zero-order chi connectivity index (χ0) is 11.4. The maximum Gasteiger partial charge on any atom is 0.152 e. The zero-order valence-electron chi connectivity index (χ0n) is 8.71. The first-order valence-electron chi connectivity index (χ1n) is 5.03. The van der Waals surface area contributed by atoms with Gasteiger partial charge in [-0.25, -0.2) is 0 Å². The third-order valence-corrected chi connectivity index (χ3v) is 8.00. The Hall–Kier alpha value is -0.600. The number of rotatable bonds is 3. The molecule has 82 valence electrons. The van der Waals surface area contributed by atoms with Gasteiger partial charge in [-0.05, 0) is 0 Å². The fourth-order valence-corrected chi connectivity index (χ4v) is 5.87. The van der Waals surface area contributed by atoms with Crippen molar-refractivity contribution in [2.75, 3.05) is 4.17 Å². The molecule has 0 saturated heterocycles. The standard InChI is InChI=1S/C13H12IOP/c14-11-16(15,12-7-3-1-4-8-12)13-9-5-2-6-10-13/h1-10H,11H2. The first kappa shape index (κ1) is 11.9. The van der Waals surface area contributed by atoms with E-state index >= 15 is 0 Å². The van der Waals surface area contributed by atoms with Crippen molar-refractivity contribution in [3.63, 3.8) is 0 Å². The SMILES string of the molecule is O=P(CI)(c1ccccc1)c1ccccc1. The monoisotopic (exact) mass is 342 g/mol. The van der Waals surface area contributed by atoms with E-state index < -0.39 is 7.14 Å². The quantitative estimate of drug-likeness (QED) is 0.475. The van der Waals surface area contributed by atoms with Crippen LogP contribution in [0, 0.1) is 0 Å². The minimum atomic E-state index is -2.42. The molecule has 0 amide bonds. The lowest BCUT2D eigenvalue weighted by Gasteiger charge is -2.16. The Morgan fingerprint density at radius 2 is 1.19 bits per heavy atom. The molecule has 16 heavy (non-hydrogen) atoms. The third kappa shape index (κ3) is 2.23. The summed E-state index contributed by atoms with van der Waals surface area (Å²) in [6.45, 7) is 0. The zero-order valence-corrected chi connectivity index (χ0v) is 11.8. The summed E-state index contributed by atoms with van der Waals surface area (Å²) in [5.41, 5.74) is 0. The van der Waals surface area contributed by atoms with E-state index in [1.165, 1.54) is 0 Å². The van der Waals surface area contributed by atoms with Crippen LogP contribution < -0.4 is 10.6 Å². The van der Waals surface area contributed by atoms with Crippen LogP contribution in [0.4, 0.5) is 0 Å². The molecule has 0 spiro atoms. The minimum absolute atomic E-state index is 0.638. The molecule has 2 aromatic rings. The van der Waals surface area contributed by atoms with Crippen LogP contribution in [0.15, 0.2) is 60.7 Å². The van der Waals surface area contributed by atoms with E-state index in [0.29, 0.717) is 4.17 Å². The molecular weight excluding hydrogens is 330 g/mol. The second-order valence-corrected chi connectivity index (χ2v) is 8.33. The molecule has 0 bridgehead atoms. The summed E-state index contributed by atoms with van der Waals surface area (Å²) in [6, 6.07) is 19.5. The summed E-state index contributed by atoms with van der Waals surface area (Å²) in [5, 5.41) is 1.88. The van der Waals surface area contributed by atoms with Gasteiger partial charge in [-0.1, -0.05) is 83.3 Å². The third-order valence-electron chi connectivity index (χ3n) is 2.51. The highest BCUT2D eigenvalue weighted by atomic mass is 127. The molecule has 0 atom stereocenters. The predicted octanol–water partition coefficient (Wildman–Crippen LogP) is 3.39. The summed E-state index contributed by atoms with van der Waals surface area (Å²) in [4.78, 5) is 0. The van der Waals surface area contributed by atoms with Crippen molar-refractivity contribution < 1.29 is 4.57 Å². The Balaban J connectivity index is 2.54. The van der Waals surface area contributed by atoms with Crippen molar-refractivity contribution in [1.82, 2.24) is 0 Å². The average molecular weight is 342 g/mol. The summed E-state index contributed by atoms with van der Waals surface area (Å²) >= 11 is 2.21. The number of alkyl halides is 1. The molecule has 0 fully saturated rings. The number of benzene rings is 2. The Morgan fingerprint density at radius 3 is 1.50 bits per heavy atom. The van der Waals surface area contributed by atoms with Crippen molar-refractivity contribution in [3.8, 4) is 0 Å². The highest BCUT2D eigenvalue weighted by molar-refractivity contribution is 14.1. The lowest BCUT2D eigenvalue weighted by molar-refractivity contribution is 0.590. The summed E-state index contributed by atoms with van der Waals surface area (Å²) < 4.78 is 13.6.